The van der Waals surface area contributed by atoms with Crippen LogP contribution in [0.25, 0.3) is 10.9 Å². The lowest BCUT2D eigenvalue weighted by molar-refractivity contribution is -0.121. The molecule has 0 saturated carbocycles. The monoisotopic (exact) mass is 387 g/mol. The number of benzene rings is 2. The van der Waals surface area contributed by atoms with Gasteiger partial charge < -0.3 is 10.3 Å². The number of carbonyl (C=O) groups excluding carboxylic acids is 1. The van der Waals surface area contributed by atoms with Crippen LogP contribution in [0.3, 0.4) is 0 Å². The smallest absolute Gasteiger partial charge is 0.258 e. The Labute approximate surface area is 167 Å². The Bertz CT molecular complexity index is 1180. The minimum atomic E-state index is -0.182. The molecule has 0 aliphatic carbocycles. The summed E-state index contributed by atoms with van der Waals surface area (Å²) in [5, 5.41) is 7.74. The quantitative estimate of drug-likeness (QED) is 0.509. The molecule has 0 aliphatic rings. The maximum atomic E-state index is 12.3. The number of fused-ring (bicyclic) bond motifs is 1. The van der Waals surface area contributed by atoms with Crippen molar-refractivity contribution in [2.45, 2.75) is 25.9 Å². The van der Waals surface area contributed by atoms with E-state index in [0.29, 0.717) is 36.2 Å². The first-order valence-corrected chi connectivity index (χ1v) is 9.48. The van der Waals surface area contributed by atoms with Crippen molar-refractivity contribution in [3.63, 3.8) is 0 Å². The molecule has 2 heterocycles. The third kappa shape index (κ3) is 4.57. The average molecular weight is 387 g/mol. The molecule has 0 bridgehead atoms. The van der Waals surface area contributed by atoms with Crippen molar-refractivity contribution >= 4 is 16.8 Å². The van der Waals surface area contributed by atoms with E-state index in [0.717, 1.165) is 11.1 Å². The van der Waals surface area contributed by atoms with E-state index in [1.165, 1.54) is 0 Å². The molecule has 2 aromatic carbocycles. The second-order valence-electron chi connectivity index (χ2n) is 6.78. The summed E-state index contributed by atoms with van der Waals surface area (Å²) in [7, 11) is 0. The Morgan fingerprint density at radius 3 is 2.66 bits per heavy atom. The zero-order valence-corrected chi connectivity index (χ0v) is 15.8. The zero-order valence-electron chi connectivity index (χ0n) is 15.8. The summed E-state index contributed by atoms with van der Waals surface area (Å²) in [5.74, 6) is 0.428. The largest absolute Gasteiger partial charge is 0.352 e. The Morgan fingerprint density at radius 1 is 1.03 bits per heavy atom. The molecule has 2 N–H and O–H groups in total. The first-order valence-electron chi connectivity index (χ1n) is 9.48. The van der Waals surface area contributed by atoms with Gasteiger partial charge in [0.25, 0.3) is 5.56 Å². The number of aromatic nitrogens is 4. The molecule has 4 rings (SSSR count). The molecule has 0 fully saturated rings. The van der Waals surface area contributed by atoms with E-state index >= 15 is 0 Å². The summed E-state index contributed by atoms with van der Waals surface area (Å²) in [6.45, 7) is 1.10. The van der Waals surface area contributed by atoms with E-state index in [2.05, 4.69) is 20.4 Å². The van der Waals surface area contributed by atoms with E-state index in [1.54, 1.807) is 24.4 Å². The number of H-pyrrole nitrogens is 1. The van der Waals surface area contributed by atoms with Crippen LogP contribution in [0.1, 0.15) is 23.4 Å². The predicted octanol–water partition coefficient (Wildman–Crippen LogP) is 2.42. The molecule has 0 radical (unpaired) electrons. The van der Waals surface area contributed by atoms with Gasteiger partial charge >= 0.3 is 0 Å². The van der Waals surface area contributed by atoms with Crippen LogP contribution in [0.4, 0.5) is 0 Å². The normalized spacial score (nSPS) is 10.9. The summed E-state index contributed by atoms with van der Waals surface area (Å²) in [4.78, 5) is 31.6. The molecule has 29 heavy (non-hydrogen) atoms. The van der Waals surface area contributed by atoms with Crippen molar-refractivity contribution in [3.05, 3.63) is 94.3 Å². The van der Waals surface area contributed by atoms with E-state index in [4.69, 9.17) is 0 Å². The number of rotatable bonds is 7. The van der Waals surface area contributed by atoms with Crippen LogP contribution in [-0.4, -0.2) is 25.7 Å². The highest BCUT2D eigenvalue weighted by atomic mass is 16.1. The highest BCUT2D eigenvalue weighted by Gasteiger charge is 2.08. The standard InChI is InChI=1S/C22H21N5O2/c28-21(11-10-20-25-19-9-4-3-8-18(19)22(29)26-20)23-14-16-6-1-2-7-17(16)15-27-13-5-12-24-27/h1-9,12-13H,10-11,14-15H2,(H,23,28)(H,25,26,29). The van der Waals surface area contributed by atoms with Crippen LogP contribution in [-0.2, 0) is 24.3 Å². The van der Waals surface area contributed by atoms with Crippen molar-refractivity contribution in [2.75, 3.05) is 0 Å². The van der Waals surface area contributed by atoms with Gasteiger partial charge in [0.15, 0.2) is 0 Å². The number of aromatic amines is 1. The maximum absolute atomic E-state index is 12.3. The van der Waals surface area contributed by atoms with E-state index in [-0.39, 0.29) is 17.9 Å². The van der Waals surface area contributed by atoms with Gasteiger partial charge in [0, 0.05) is 31.8 Å². The van der Waals surface area contributed by atoms with Gasteiger partial charge in [-0.3, -0.25) is 14.3 Å². The van der Waals surface area contributed by atoms with Crippen LogP contribution in [0.15, 0.2) is 71.8 Å². The maximum Gasteiger partial charge on any atom is 0.258 e. The number of hydrogen-bond acceptors (Lipinski definition) is 4. The minimum absolute atomic E-state index is 0.0882. The first-order chi connectivity index (χ1) is 14.2. The number of amides is 1. The van der Waals surface area contributed by atoms with Gasteiger partial charge in [0.05, 0.1) is 17.4 Å². The average Bonchev–Trinajstić information content (AvgIpc) is 3.25. The van der Waals surface area contributed by atoms with Crippen LogP contribution in [0.5, 0.6) is 0 Å². The summed E-state index contributed by atoms with van der Waals surface area (Å²) in [5.41, 5.74) is 2.61. The van der Waals surface area contributed by atoms with E-state index in [1.807, 2.05) is 47.3 Å². The van der Waals surface area contributed by atoms with Crippen molar-refractivity contribution in [1.82, 2.24) is 25.1 Å². The predicted molar refractivity (Wildman–Crippen MR) is 110 cm³/mol. The van der Waals surface area contributed by atoms with Crippen LogP contribution in [0, 0.1) is 0 Å². The summed E-state index contributed by atoms with van der Waals surface area (Å²) < 4.78 is 1.85. The molecular weight excluding hydrogens is 366 g/mol. The summed E-state index contributed by atoms with van der Waals surface area (Å²) in [6, 6.07) is 17.0. The Morgan fingerprint density at radius 2 is 1.83 bits per heavy atom. The molecule has 0 atom stereocenters. The lowest BCUT2D eigenvalue weighted by Crippen LogP contribution is -2.24. The molecule has 4 aromatic rings. The number of nitrogens with one attached hydrogen (secondary N) is 2. The molecule has 0 spiro atoms. The Kier molecular flexibility index (Phi) is 5.47. The molecule has 0 aliphatic heterocycles. The topological polar surface area (TPSA) is 92.7 Å². The lowest BCUT2D eigenvalue weighted by atomic mass is 10.1. The molecule has 7 nitrogen and oxygen atoms in total. The Hall–Kier alpha value is -3.74. The fourth-order valence-corrected chi connectivity index (χ4v) is 3.22. The van der Waals surface area contributed by atoms with Gasteiger partial charge in [-0.05, 0) is 29.3 Å². The minimum Gasteiger partial charge on any atom is -0.352 e. The highest BCUT2D eigenvalue weighted by molar-refractivity contribution is 5.78. The van der Waals surface area contributed by atoms with Gasteiger partial charge in [-0.15, -0.1) is 0 Å². The van der Waals surface area contributed by atoms with Crippen LogP contribution < -0.4 is 10.9 Å². The van der Waals surface area contributed by atoms with Crippen molar-refractivity contribution < 1.29 is 4.79 Å². The van der Waals surface area contributed by atoms with Gasteiger partial charge in [-0.25, -0.2) is 4.98 Å². The molecule has 146 valence electrons. The fourth-order valence-electron chi connectivity index (χ4n) is 3.22. The number of carbonyl (C=O) groups is 1. The number of hydrogen-bond donors (Lipinski definition) is 2. The third-order valence-electron chi connectivity index (χ3n) is 4.74. The van der Waals surface area contributed by atoms with Gasteiger partial charge in [-0.2, -0.15) is 5.10 Å². The molecule has 7 heteroatoms. The summed E-state index contributed by atoms with van der Waals surface area (Å²) >= 11 is 0. The molecule has 1 amide bonds. The second kappa shape index (κ2) is 8.52. The third-order valence-corrected chi connectivity index (χ3v) is 4.74. The molecule has 2 aromatic heterocycles. The number of aryl methyl sites for hydroxylation is 1. The van der Waals surface area contributed by atoms with Gasteiger partial charge in [0.1, 0.15) is 5.82 Å². The van der Waals surface area contributed by atoms with Crippen molar-refractivity contribution in [1.29, 1.82) is 0 Å². The Balaban J connectivity index is 1.36. The lowest BCUT2D eigenvalue weighted by Gasteiger charge is -2.11. The molecule has 0 saturated heterocycles. The molecule has 0 unspecified atom stereocenters. The van der Waals surface area contributed by atoms with E-state index in [9.17, 15) is 9.59 Å². The first kappa shape index (κ1) is 18.6. The van der Waals surface area contributed by atoms with E-state index < -0.39 is 0 Å². The van der Waals surface area contributed by atoms with Crippen molar-refractivity contribution in [2.24, 2.45) is 0 Å². The SMILES string of the molecule is O=C(CCc1nc2ccccc2c(=O)[nH]1)NCc1ccccc1Cn1cccn1. The number of nitrogens with zero attached hydrogens (tertiary/aromatic N) is 3. The highest BCUT2D eigenvalue weighted by Crippen LogP contribution is 2.11. The zero-order chi connectivity index (χ0) is 20.1. The number of para-hydroxylation sites is 1. The van der Waals surface area contributed by atoms with Gasteiger partial charge in [0.2, 0.25) is 5.91 Å². The molecular formula is C22H21N5O2. The fraction of sp³-hybridized carbons (Fsp3) is 0.182. The second-order valence-corrected chi connectivity index (χ2v) is 6.78. The van der Waals surface area contributed by atoms with Crippen LogP contribution in [0.2, 0.25) is 0 Å². The van der Waals surface area contributed by atoms with Crippen LogP contribution >= 0.6 is 0 Å². The van der Waals surface area contributed by atoms with Gasteiger partial charge in [-0.1, -0.05) is 36.4 Å². The summed E-state index contributed by atoms with van der Waals surface area (Å²) in [6.07, 6.45) is 4.28. The van der Waals surface area contributed by atoms with Crippen molar-refractivity contribution in [3.8, 4) is 0 Å².